The highest BCUT2D eigenvalue weighted by Gasteiger charge is 2.32. The fourth-order valence-electron chi connectivity index (χ4n) is 4.18. The Hall–Kier alpha value is -1.67. The van der Waals surface area contributed by atoms with E-state index in [4.69, 9.17) is 4.74 Å². The Kier molecular flexibility index (Phi) is 7.89. The average molecular weight is 424 g/mol. The largest absolute Gasteiger partial charge is 0.489 e. The van der Waals surface area contributed by atoms with Crippen LogP contribution >= 0.6 is 0 Å². The Morgan fingerprint density at radius 1 is 1.24 bits per heavy atom. The molecule has 0 aromatic carbocycles. The Morgan fingerprint density at radius 2 is 2.03 bits per heavy atom. The first-order valence-electron chi connectivity index (χ1n) is 10.9. The molecule has 29 heavy (non-hydrogen) atoms. The molecule has 0 bridgehead atoms. The van der Waals surface area contributed by atoms with Crippen LogP contribution < -0.4 is 10.1 Å². The van der Waals surface area contributed by atoms with E-state index >= 15 is 0 Å². The van der Waals surface area contributed by atoms with Crippen molar-refractivity contribution >= 4 is 21.7 Å². The number of amides is 1. The van der Waals surface area contributed by atoms with Crippen LogP contribution in [0.4, 0.5) is 5.82 Å². The summed E-state index contributed by atoms with van der Waals surface area (Å²) in [4.78, 5) is 17.1. The molecule has 0 spiro atoms. The number of carbonyl (C=O) groups excluding carboxylic acids is 1. The zero-order chi connectivity index (χ0) is 20.7. The maximum Gasteiger partial charge on any atom is 0.230 e. The molecule has 1 amide bonds. The van der Waals surface area contributed by atoms with E-state index in [-0.39, 0.29) is 24.1 Å². The minimum atomic E-state index is -3.29. The molecule has 2 heterocycles. The number of hydrogen-bond donors (Lipinski definition) is 1. The van der Waals surface area contributed by atoms with Gasteiger partial charge >= 0.3 is 0 Å². The van der Waals surface area contributed by atoms with Crippen LogP contribution in [0.1, 0.15) is 58.3 Å². The summed E-state index contributed by atoms with van der Waals surface area (Å²) in [7, 11) is -3.29. The van der Waals surface area contributed by atoms with Crippen molar-refractivity contribution in [2.75, 3.05) is 30.8 Å². The number of ether oxygens (including phenoxy) is 1. The van der Waals surface area contributed by atoms with Gasteiger partial charge in [0, 0.05) is 19.3 Å². The molecule has 0 radical (unpaired) electrons. The lowest BCUT2D eigenvalue weighted by Gasteiger charge is -2.31. The number of carbonyl (C=O) groups is 1. The van der Waals surface area contributed by atoms with Crippen molar-refractivity contribution in [3.63, 3.8) is 0 Å². The lowest BCUT2D eigenvalue weighted by Crippen LogP contribution is -2.44. The van der Waals surface area contributed by atoms with E-state index in [0.717, 1.165) is 0 Å². The van der Waals surface area contributed by atoms with Gasteiger partial charge in [0.15, 0.2) is 11.6 Å². The van der Waals surface area contributed by atoms with Gasteiger partial charge in [-0.25, -0.2) is 17.7 Å². The molecule has 7 nitrogen and oxygen atoms in total. The normalized spacial score (nSPS) is 21.6. The third-order valence-corrected chi connectivity index (χ3v) is 7.86. The number of nitrogens with zero attached hydrogens (tertiary/aromatic N) is 2. The Morgan fingerprint density at radius 3 is 2.79 bits per heavy atom. The molecule has 1 aromatic rings. The van der Waals surface area contributed by atoms with Crippen LogP contribution in [0.25, 0.3) is 0 Å². The third kappa shape index (κ3) is 6.15. The molecule has 162 valence electrons. The third-order valence-electron chi connectivity index (χ3n) is 5.82. The van der Waals surface area contributed by atoms with E-state index in [0.29, 0.717) is 49.9 Å². The van der Waals surface area contributed by atoms with Crippen molar-refractivity contribution in [3.8, 4) is 5.75 Å². The summed E-state index contributed by atoms with van der Waals surface area (Å²) in [5.74, 6) is 1.12. The first kappa shape index (κ1) is 22.0. The van der Waals surface area contributed by atoms with Crippen molar-refractivity contribution in [3.05, 3.63) is 18.3 Å². The number of aromatic nitrogens is 1. The topological polar surface area (TPSA) is 88.6 Å². The fraction of sp³-hybridized carbons (Fsp3) is 0.714. The first-order valence-corrected chi connectivity index (χ1v) is 12.5. The van der Waals surface area contributed by atoms with Gasteiger partial charge in [0.1, 0.15) is 0 Å². The average Bonchev–Trinajstić information content (AvgIpc) is 2.74. The van der Waals surface area contributed by atoms with Crippen molar-refractivity contribution in [1.29, 1.82) is 0 Å². The van der Waals surface area contributed by atoms with Crippen LogP contribution in [0.2, 0.25) is 0 Å². The Bertz CT molecular complexity index is 778. The highest BCUT2D eigenvalue weighted by molar-refractivity contribution is 7.89. The van der Waals surface area contributed by atoms with Gasteiger partial charge in [-0.05, 0) is 50.2 Å². The number of anilines is 1. The molecule has 1 aliphatic heterocycles. The molecule has 8 heteroatoms. The first-order chi connectivity index (χ1) is 14.0. The number of piperidine rings is 1. The van der Waals surface area contributed by atoms with Crippen LogP contribution in [-0.2, 0) is 14.8 Å². The zero-order valence-corrected chi connectivity index (χ0v) is 18.1. The Balaban J connectivity index is 1.60. The lowest BCUT2D eigenvalue weighted by atomic mass is 9.90. The smallest absolute Gasteiger partial charge is 0.230 e. The molecule has 1 saturated heterocycles. The van der Waals surface area contributed by atoms with E-state index < -0.39 is 10.0 Å². The summed E-state index contributed by atoms with van der Waals surface area (Å²) in [6, 6.07) is 3.62. The van der Waals surface area contributed by atoms with Gasteiger partial charge in [0.05, 0.1) is 18.3 Å². The number of rotatable bonds is 8. The molecule has 1 aromatic heterocycles. The van der Waals surface area contributed by atoms with Crippen molar-refractivity contribution < 1.29 is 17.9 Å². The highest BCUT2D eigenvalue weighted by atomic mass is 32.2. The monoisotopic (exact) mass is 423 g/mol. The quantitative estimate of drug-likeness (QED) is 0.692. The molecular formula is C21H33N3O4S. The van der Waals surface area contributed by atoms with Crippen LogP contribution in [0, 0.1) is 11.8 Å². The molecule has 1 N–H and O–H groups in total. The Labute approximate surface area is 174 Å². The van der Waals surface area contributed by atoms with Crippen molar-refractivity contribution in [2.24, 2.45) is 11.8 Å². The molecule has 1 aliphatic carbocycles. The van der Waals surface area contributed by atoms with Gasteiger partial charge in [-0.2, -0.15) is 0 Å². The molecule has 1 saturated carbocycles. The number of nitrogens with one attached hydrogen (secondary N) is 1. The van der Waals surface area contributed by atoms with E-state index in [9.17, 15) is 13.2 Å². The highest BCUT2D eigenvalue weighted by Crippen LogP contribution is 2.28. The van der Waals surface area contributed by atoms with E-state index in [1.807, 2.05) is 13.0 Å². The predicted molar refractivity (Wildman–Crippen MR) is 113 cm³/mol. The summed E-state index contributed by atoms with van der Waals surface area (Å²) in [5, 5.41) is 2.88. The van der Waals surface area contributed by atoms with E-state index in [1.165, 1.54) is 36.4 Å². The minimum Gasteiger partial charge on any atom is -0.489 e. The van der Waals surface area contributed by atoms with Crippen molar-refractivity contribution in [1.82, 2.24) is 9.29 Å². The van der Waals surface area contributed by atoms with E-state index in [1.54, 1.807) is 12.3 Å². The number of sulfonamides is 1. The van der Waals surface area contributed by atoms with Gasteiger partial charge in [-0.15, -0.1) is 0 Å². The second-order valence-electron chi connectivity index (χ2n) is 8.17. The van der Waals surface area contributed by atoms with Crippen LogP contribution in [0.5, 0.6) is 5.75 Å². The zero-order valence-electron chi connectivity index (χ0n) is 17.3. The molecule has 2 aliphatic rings. The van der Waals surface area contributed by atoms with Gasteiger partial charge in [0.2, 0.25) is 15.9 Å². The standard InChI is InChI=1S/C21H33N3O4S/c1-2-14-29(26,27)24-13-7-10-18(15-24)21(25)23-20-19(11-6-12-22-20)28-16-17-8-4-3-5-9-17/h6,11-12,17-18H,2-5,7-10,13-16H2,1H3,(H,22,23,25). The second-order valence-corrected chi connectivity index (χ2v) is 10.3. The van der Waals surface area contributed by atoms with Crippen LogP contribution in [-0.4, -0.2) is 49.1 Å². The minimum absolute atomic E-state index is 0.126. The number of hydrogen-bond acceptors (Lipinski definition) is 5. The SMILES string of the molecule is CCCS(=O)(=O)N1CCCC(C(=O)Nc2ncccc2OCC2CCCCC2)C1. The molecule has 1 unspecified atom stereocenters. The molecule has 1 atom stereocenters. The summed E-state index contributed by atoms with van der Waals surface area (Å²) in [6.07, 6.45) is 9.75. The van der Waals surface area contributed by atoms with Gasteiger partial charge in [-0.1, -0.05) is 26.2 Å². The van der Waals surface area contributed by atoms with Crippen LogP contribution in [0.3, 0.4) is 0 Å². The molecule has 2 fully saturated rings. The summed E-state index contributed by atoms with van der Waals surface area (Å²) < 4.78 is 32.2. The maximum atomic E-state index is 12.8. The summed E-state index contributed by atoms with van der Waals surface area (Å²) in [5.41, 5.74) is 0. The van der Waals surface area contributed by atoms with Gasteiger partial charge in [0.25, 0.3) is 0 Å². The fourth-order valence-corrected chi connectivity index (χ4v) is 5.77. The van der Waals surface area contributed by atoms with Crippen LogP contribution in [0.15, 0.2) is 18.3 Å². The summed E-state index contributed by atoms with van der Waals surface area (Å²) >= 11 is 0. The lowest BCUT2D eigenvalue weighted by molar-refractivity contribution is -0.120. The van der Waals surface area contributed by atoms with Gasteiger partial charge < -0.3 is 10.1 Å². The van der Waals surface area contributed by atoms with Crippen molar-refractivity contribution in [2.45, 2.75) is 58.3 Å². The summed E-state index contributed by atoms with van der Waals surface area (Å²) in [6.45, 7) is 3.22. The maximum absolute atomic E-state index is 12.8. The number of pyridine rings is 1. The predicted octanol–water partition coefficient (Wildman–Crippen LogP) is 3.43. The van der Waals surface area contributed by atoms with Gasteiger partial charge in [-0.3, -0.25) is 4.79 Å². The van der Waals surface area contributed by atoms with E-state index in [2.05, 4.69) is 10.3 Å². The molecule has 3 rings (SSSR count). The molecular weight excluding hydrogens is 390 g/mol. The second kappa shape index (κ2) is 10.4.